The van der Waals surface area contributed by atoms with Crippen LogP contribution in [0.15, 0.2) is 53.0 Å². The molecule has 0 bridgehead atoms. The van der Waals surface area contributed by atoms with E-state index in [1.807, 2.05) is 30.3 Å². The molecule has 2 aromatic carbocycles. The van der Waals surface area contributed by atoms with E-state index in [0.717, 1.165) is 5.56 Å². The Bertz CT molecular complexity index is 589. The fourth-order valence-electron chi connectivity index (χ4n) is 1.85. The second-order valence-electron chi connectivity index (χ2n) is 4.11. The molecule has 0 aliphatic carbocycles. The Hall–Kier alpha value is -1.39. The lowest BCUT2D eigenvalue weighted by molar-refractivity contribution is -0.385. The van der Waals surface area contributed by atoms with Gasteiger partial charge < -0.3 is 0 Å². The molecule has 3 nitrogen and oxygen atoms in total. The van der Waals surface area contributed by atoms with Gasteiger partial charge in [0.25, 0.3) is 5.69 Å². The van der Waals surface area contributed by atoms with Crippen LogP contribution in [0.1, 0.15) is 16.5 Å². The average molecular weight is 341 g/mol. The number of nitro groups is 1. The summed E-state index contributed by atoms with van der Waals surface area (Å²) in [6, 6.07) is 14.6. The maximum absolute atomic E-state index is 11.0. The molecule has 0 aromatic heterocycles. The number of alkyl halides is 1. The highest BCUT2D eigenvalue weighted by Gasteiger charge is 2.18. The highest BCUT2D eigenvalue weighted by Crippen LogP contribution is 2.30. The maximum atomic E-state index is 11.0. The van der Waals surface area contributed by atoms with Gasteiger partial charge in [0.15, 0.2) is 0 Å². The predicted molar refractivity (Wildman–Crippen MR) is 79.5 cm³/mol. The molecule has 1 unspecified atom stereocenters. The van der Waals surface area contributed by atoms with Crippen LogP contribution in [0.3, 0.4) is 0 Å². The number of rotatable bonds is 4. The van der Waals surface area contributed by atoms with E-state index < -0.39 is 0 Å². The van der Waals surface area contributed by atoms with Gasteiger partial charge in [-0.15, -0.1) is 11.6 Å². The van der Waals surface area contributed by atoms with Crippen molar-refractivity contribution in [1.82, 2.24) is 0 Å². The normalized spacial score (nSPS) is 12.1. The van der Waals surface area contributed by atoms with E-state index in [2.05, 4.69) is 15.9 Å². The monoisotopic (exact) mass is 339 g/mol. The first-order valence-corrected chi connectivity index (χ1v) is 6.92. The minimum absolute atomic E-state index is 0.0935. The molecular formula is C14H11BrClNO2. The fraction of sp³-hybridized carbons (Fsp3) is 0.143. The molecule has 0 aliphatic heterocycles. The van der Waals surface area contributed by atoms with Gasteiger partial charge in [0, 0.05) is 16.1 Å². The van der Waals surface area contributed by atoms with Crippen LogP contribution in [0, 0.1) is 10.1 Å². The molecule has 1 atom stereocenters. The van der Waals surface area contributed by atoms with Crippen molar-refractivity contribution in [3.8, 4) is 0 Å². The average Bonchev–Trinajstić information content (AvgIpc) is 2.41. The van der Waals surface area contributed by atoms with Crippen LogP contribution in [0.25, 0.3) is 0 Å². The summed E-state index contributed by atoms with van der Waals surface area (Å²) in [5.41, 5.74) is 1.69. The lowest BCUT2D eigenvalue weighted by atomic mass is 10.0. The molecule has 0 fully saturated rings. The van der Waals surface area contributed by atoms with Gasteiger partial charge in [-0.1, -0.05) is 52.3 Å². The van der Waals surface area contributed by atoms with Crippen LogP contribution in [0.5, 0.6) is 0 Å². The Morgan fingerprint density at radius 3 is 2.53 bits per heavy atom. The van der Waals surface area contributed by atoms with E-state index in [-0.39, 0.29) is 16.0 Å². The van der Waals surface area contributed by atoms with Gasteiger partial charge in [-0.05, 0) is 18.1 Å². The summed E-state index contributed by atoms with van der Waals surface area (Å²) in [7, 11) is 0. The largest absolute Gasteiger partial charge is 0.273 e. The first-order valence-electron chi connectivity index (χ1n) is 5.70. The molecule has 0 amide bonds. The number of benzene rings is 2. The van der Waals surface area contributed by atoms with E-state index in [1.54, 1.807) is 12.1 Å². The third-order valence-corrected chi connectivity index (χ3v) is 3.70. The summed E-state index contributed by atoms with van der Waals surface area (Å²) in [6.07, 6.45) is 0.426. The smallest absolute Gasteiger partial charge is 0.258 e. The molecule has 19 heavy (non-hydrogen) atoms. The van der Waals surface area contributed by atoms with Gasteiger partial charge in [0.1, 0.15) is 0 Å². The summed E-state index contributed by atoms with van der Waals surface area (Å²) >= 11 is 9.56. The van der Waals surface area contributed by atoms with Crippen molar-refractivity contribution in [2.45, 2.75) is 11.8 Å². The topological polar surface area (TPSA) is 43.1 Å². The van der Waals surface area contributed by atoms with Crippen LogP contribution in [0.2, 0.25) is 0 Å². The van der Waals surface area contributed by atoms with E-state index in [9.17, 15) is 10.1 Å². The zero-order valence-electron chi connectivity index (χ0n) is 9.92. The van der Waals surface area contributed by atoms with Crippen molar-refractivity contribution in [2.75, 3.05) is 0 Å². The number of nitro benzene ring substituents is 1. The molecule has 0 spiro atoms. The van der Waals surface area contributed by atoms with Gasteiger partial charge in [-0.25, -0.2) is 0 Å². The van der Waals surface area contributed by atoms with Crippen LogP contribution in [-0.2, 0) is 6.42 Å². The minimum Gasteiger partial charge on any atom is -0.258 e. The summed E-state index contributed by atoms with van der Waals surface area (Å²) in [4.78, 5) is 10.7. The molecule has 98 valence electrons. The predicted octanol–water partition coefficient (Wildman–Crippen LogP) is 4.88. The Morgan fingerprint density at radius 1 is 1.21 bits per heavy atom. The SMILES string of the molecule is O=[N+]([O-])c1cc(Br)ccc1CC(Cl)c1ccccc1. The molecular weight excluding hydrogens is 330 g/mol. The van der Waals surface area contributed by atoms with Crippen LogP contribution in [-0.4, -0.2) is 4.92 Å². The number of hydrogen-bond donors (Lipinski definition) is 0. The van der Waals surface area contributed by atoms with Gasteiger partial charge in [-0.2, -0.15) is 0 Å². The van der Waals surface area contributed by atoms with E-state index in [1.165, 1.54) is 6.07 Å². The Balaban J connectivity index is 2.26. The maximum Gasteiger partial charge on any atom is 0.273 e. The van der Waals surface area contributed by atoms with Gasteiger partial charge >= 0.3 is 0 Å². The highest BCUT2D eigenvalue weighted by atomic mass is 79.9. The van der Waals surface area contributed by atoms with Gasteiger partial charge in [-0.3, -0.25) is 10.1 Å². The number of nitrogens with zero attached hydrogens (tertiary/aromatic N) is 1. The molecule has 0 N–H and O–H groups in total. The Morgan fingerprint density at radius 2 is 1.89 bits per heavy atom. The molecule has 0 heterocycles. The van der Waals surface area contributed by atoms with Gasteiger partial charge in [0.2, 0.25) is 0 Å². The summed E-state index contributed by atoms with van der Waals surface area (Å²) < 4.78 is 0.689. The minimum atomic E-state index is -0.380. The standard InChI is InChI=1S/C14H11BrClNO2/c15-12-7-6-11(14(9-12)17(18)19)8-13(16)10-4-2-1-3-5-10/h1-7,9,13H,8H2. The second kappa shape index (κ2) is 6.17. The molecule has 2 aromatic rings. The molecule has 5 heteroatoms. The van der Waals surface area contributed by atoms with Crippen LogP contribution >= 0.6 is 27.5 Å². The molecule has 0 radical (unpaired) electrons. The van der Waals surface area contributed by atoms with Crippen molar-refractivity contribution in [3.63, 3.8) is 0 Å². The Labute approximate surface area is 124 Å². The fourth-order valence-corrected chi connectivity index (χ4v) is 2.51. The first-order chi connectivity index (χ1) is 9.08. The number of hydrogen-bond acceptors (Lipinski definition) is 2. The van der Waals surface area contributed by atoms with E-state index >= 15 is 0 Å². The van der Waals surface area contributed by atoms with E-state index in [4.69, 9.17) is 11.6 Å². The van der Waals surface area contributed by atoms with Crippen molar-refractivity contribution < 1.29 is 4.92 Å². The second-order valence-corrected chi connectivity index (χ2v) is 5.55. The lowest BCUT2D eigenvalue weighted by Gasteiger charge is -2.10. The van der Waals surface area contributed by atoms with E-state index in [0.29, 0.717) is 16.5 Å². The first kappa shape index (κ1) is 14.0. The van der Waals surface area contributed by atoms with Crippen molar-refractivity contribution in [1.29, 1.82) is 0 Å². The summed E-state index contributed by atoms with van der Waals surface area (Å²) in [5.74, 6) is 0. The molecule has 2 rings (SSSR count). The quantitative estimate of drug-likeness (QED) is 0.452. The van der Waals surface area contributed by atoms with Crippen molar-refractivity contribution in [2.24, 2.45) is 0 Å². The zero-order chi connectivity index (χ0) is 13.8. The third kappa shape index (κ3) is 3.55. The van der Waals surface area contributed by atoms with Gasteiger partial charge in [0.05, 0.1) is 10.3 Å². The van der Waals surface area contributed by atoms with Crippen molar-refractivity contribution in [3.05, 3.63) is 74.2 Å². The summed E-state index contributed by atoms with van der Waals surface area (Å²) in [6.45, 7) is 0. The summed E-state index contributed by atoms with van der Waals surface area (Å²) in [5, 5.41) is 10.8. The van der Waals surface area contributed by atoms with Crippen LogP contribution < -0.4 is 0 Å². The molecule has 0 aliphatic rings. The molecule has 0 saturated carbocycles. The molecule has 0 saturated heterocycles. The van der Waals surface area contributed by atoms with Crippen LogP contribution in [0.4, 0.5) is 5.69 Å². The number of halogens is 2. The zero-order valence-corrected chi connectivity index (χ0v) is 12.3. The Kier molecular flexibility index (Phi) is 4.56. The third-order valence-electron chi connectivity index (χ3n) is 2.80. The van der Waals surface area contributed by atoms with Crippen molar-refractivity contribution >= 4 is 33.2 Å². The highest BCUT2D eigenvalue weighted by molar-refractivity contribution is 9.10. The lowest BCUT2D eigenvalue weighted by Crippen LogP contribution is -2.00.